The van der Waals surface area contributed by atoms with Gasteiger partial charge < -0.3 is 24.8 Å². The molecule has 3 unspecified atom stereocenters. The summed E-state index contributed by atoms with van der Waals surface area (Å²) in [7, 11) is 1.60. The zero-order valence-corrected chi connectivity index (χ0v) is 16.4. The van der Waals surface area contributed by atoms with Crippen molar-refractivity contribution < 1.29 is 33.6 Å². The fourth-order valence-corrected chi connectivity index (χ4v) is 3.69. The van der Waals surface area contributed by atoms with Gasteiger partial charge in [0.05, 0.1) is 19.8 Å². The number of rotatable bonds is 6. The molecule has 0 bridgehead atoms. The number of benzene rings is 2. The van der Waals surface area contributed by atoms with Crippen LogP contribution in [0.3, 0.4) is 0 Å². The summed E-state index contributed by atoms with van der Waals surface area (Å²) in [6.45, 7) is 1.04. The molecule has 0 aromatic heterocycles. The van der Waals surface area contributed by atoms with Crippen molar-refractivity contribution in [1.82, 2.24) is 0 Å². The molecule has 7 heteroatoms. The Hall–Kier alpha value is -2.22. The molecule has 0 saturated carbocycles. The fourth-order valence-electron chi connectivity index (χ4n) is 3.69. The molecule has 1 aliphatic rings. The van der Waals surface area contributed by atoms with Gasteiger partial charge in [0.15, 0.2) is 0 Å². The van der Waals surface area contributed by atoms with E-state index in [0.717, 1.165) is 22.4 Å². The molecule has 0 amide bonds. The van der Waals surface area contributed by atoms with Crippen molar-refractivity contribution >= 4 is 0 Å². The molecule has 0 aliphatic carbocycles. The lowest BCUT2D eigenvalue weighted by Crippen LogP contribution is -2.53. The van der Waals surface area contributed by atoms with Gasteiger partial charge in [-0.2, -0.15) is 0 Å². The van der Waals surface area contributed by atoms with Crippen molar-refractivity contribution in [2.45, 2.75) is 50.4 Å². The zero-order chi connectivity index (χ0) is 21.2. The first-order chi connectivity index (χ1) is 13.8. The number of hydrogen-bond donors (Lipinski definition) is 3. The molecule has 158 valence electrons. The molecule has 5 nitrogen and oxygen atoms in total. The standard InChI is InChI=1S/C22H26F2O5/c1-3-14-10-18(26)17(19-11-20(27)22(23,24)21(12-25)29-19)9-15(14)8-13-4-6-16(28-2)7-5-13/h4-7,9-10,19-21,25-27H,3,8,11-12H2,1-2H3. The van der Waals surface area contributed by atoms with Crippen LogP contribution in [0.2, 0.25) is 0 Å². The van der Waals surface area contributed by atoms with Crippen molar-refractivity contribution in [1.29, 1.82) is 0 Å². The van der Waals surface area contributed by atoms with Crippen LogP contribution >= 0.6 is 0 Å². The van der Waals surface area contributed by atoms with Crippen LogP contribution in [0.4, 0.5) is 8.78 Å². The lowest BCUT2D eigenvalue weighted by Gasteiger charge is -2.39. The molecule has 1 aliphatic heterocycles. The van der Waals surface area contributed by atoms with E-state index in [1.165, 1.54) is 0 Å². The van der Waals surface area contributed by atoms with Crippen LogP contribution in [-0.4, -0.2) is 47.2 Å². The van der Waals surface area contributed by atoms with Gasteiger partial charge in [-0.1, -0.05) is 19.1 Å². The maximum atomic E-state index is 14.0. The average Bonchev–Trinajstić information content (AvgIpc) is 2.71. The van der Waals surface area contributed by atoms with Gasteiger partial charge in [0, 0.05) is 12.0 Å². The first-order valence-corrected chi connectivity index (χ1v) is 9.59. The third-order valence-corrected chi connectivity index (χ3v) is 5.44. The van der Waals surface area contributed by atoms with Gasteiger partial charge in [0.1, 0.15) is 23.7 Å². The molecule has 0 spiro atoms. The maximum Gasteiger partial charge on any atom is 0.301 e. The zero-order valence-electron chi connectivity index (χ0n) is 16.4. The Balaban J connectivity index is 1.92. The summed E-state index contributed by atoms with van der Waals surface area (Å²) in [6.07, 6.45) is -3.84. The minimum Gasteiger partial charge on any atom is -0.508 e. The van der Waals surface area contributed by atoms with Crippen LogP contribution in [-0.2, 0) is 17.6 Å². The second-order valence-corrected chi connectivity index (χ2v) is 7.28. The van der Waals surface area contributed by atoms with Crippen molar-refractivity contribution in [3.8, 4) is 11.5 Å². The Morgan fingerprint density at radius 3 is 2.45 bits per heavy atom. The molecule has 3 rings (SSSR count). The van der Waals surface area contributed by atoms with E-state index >= 15 is 0 Å². The van der Waals surface area contributed by atoms with Gasteiger partial charge in [-0.05, 0) is 53.8 Å². The van der Waals surface area contributed by atoms with Gasteiger partial charge in [0.2, 0.25) is 0 Å². The highest BCUT2D eigenvalue weighted by Crippen LogP contribution is 2.43. The molecular formula is C22H26F2O5. The third-order valence-electron chi connectivity index (χ3n) is 5.44. The number of ether oxygens (including phenoxy) is 2. The molecule has 1 saturated heterocycles. The van der Waals surface area contributed by atoms with E-state index in [9.17, 15) is 24.1 Å². The number of methoxy groups -OCH3 is 1. The van der Waals surface area contributed by atoms with Crippen molar-refractivity contribution in [2.75, 3.05) is 13.7 Å². The van der Waals surface area contributed by atoms with E-state index in [0.29, 0.717) is 18.4 Å². The molecule has 0 radical (unpaired) electrons. The summed E-state index contributed by atoms with van der Waals surface area (Å²) in [5, 5.41) is 29.6. The van der Waals surface area contributed by atoms with E-state index in [1.54, 1.807) is 19.2 Å². The Bertz CT molecular complexity index is 838. The normalized spacial score (nSPS) is 23.7. The summed E-state index contributed by atoms with van der Waals surface area (Å²) in [4.78, 5) is 0. The number of hydrogen-bond acceptors (Lipinski definition) is 5. The van der Waals surface area contributed by atoms with Gasteiger partial charge in [-0.25, -0.2) is 8.78 Å². The number of phenols is 1. The summed E-state index contributed by atoms with van der Waals surface area (Å²) in [5.41, 5.74) is 3.23. The van der Waals surface area contributed by atoms with Crippen molar-refractivity contribution in [3.63, 3.8) is 0 Å². The smallest absolute Gasteiger partial charge is 0.301 e. The Kier molecular flexibility index (Phi) is 6.41. The summed E-state index contributed by atoms with van der Waals surface area (Å²) < 4.78 is 38.5. The number of phenolic OH excluding ortho intramolecular Hbond substituents is 1. The van der Waals surface area contributed by atoms with E-state index in [1.807, 2.05) is 31.2 Å². The summed E-state index contributed by atoms with van der Waals surface area (Å²) >= 11 is 0. The summed E-state index contributed by atoms with van der Waals surface area (Å²) in [5.74, 6) is -2.87. The predicted molar refractivity (Wildman–Crippen MR) is 104 cm³/mol. The highest BCUT2D eigenvalue weighted by molar-refractivity contribution is 5.45. The molecule has 2 aromatic rings. The number of halogens is 2. The fraction of sp³-hybridized carbons (Fsp3) is 0.455. The molecule has 1 fully saturated rings. The van der Waals surface area contributed by atoms with Crippen molar-refractivity contribution in [3.05, 3.63) is 58.7 Å². The number of alkyl halides is 2. The molecule has 1 heterocycles. The number of aliphatic hydroxyl groups is 2. The Morgan fingerprint density at radius 2 is 1.86 bits per heavy atom. The van der Waals surface area contributed by atoms with E-state index in [4.69, 9.17) is 9.47 Å². The second-order valence-electron chi connectivity index (χ2n) is 7.28. The molecule has 2 aromatic carbocycles. The second kappa shape index (κ2) is 8.65. The Morgan fingerprint density at radius 1 is 1.17 bits per heavy atom. The van der Waals surface area contributed by atoms with Gasteiger partial charge in [-0.3, -0.25) is 0 Å². The van der Waals surface area contributed by atoms with Gasteiger partial charge in [0.25, 0.3) is 0 Å². The number of aliphatic hydroxyl groups excluding tert-OH is 2. The predicted octanol–water partition coefficient (Wildman–Crippen LogP) is 3.37. The largest absolute Gasteiger partial charge is 0.508 e. The van der Waals surface area contributed by atoms with Crippen LogP contribution in [0.25, 0.3) is 0 Å². The topological polar surface area (TPSA) is 79.2 Å². The quantitative estimate of drug-likeness (QED) is 0.683. The average molecular weight is 408 g/mol. The SMILES string of the molecule is CCc1cc(O)c(C2CC(O)C(F)(F)C(CO)O2)cc1Cc1ccc(OC)cc1. The van der Waals surface area contributed by atoms with Crippen LogP contribution in [0.5, 0.6) is 11.5 Å². The van der Waals surface area contributed by atoms with Crippen LogP contribution in [0.1, 0.15) is 41.7 Å². The third kappa shape index (κ3) is 4.37. The minimum atomic E-state index is -3.55. The highest BCUT2D eigenvalue weighted by atomic mass is 19.3. The molecule has 3 atom stereocenters. The molecule has 29 heavy (non-hydrogen) atoms. The number of aromatic hydroxyl groups is 1. The highest BCUT2D eigenvalue weighted by Gasteiger charge is 2.53. The monoisotopic (exact) mass is 408 g/mol. The summed E-state index contributed by atoms with van der Waals surface area (Å²) in [6, 6.07) is 11.0. The van der Waals surface area contributed by atoms with Gasteiger partial charge >= 0.3 is 5.92 Å². The number of aryl methyl sites for hydroxylation is 1. The Labute approximate surface area is 168 Å². The first-order valence-electron chi connectivity index (χ1n) is 9.59. The van der Waals surface area contributed by atoms with Crippen LogP contribution in [0.15, 0.2) is 36.4 Å². The lowest BCUT2D eigenvalue weighted by atomic mass is 9.89. The van der Waals surface area contributed by atoms with Crippen molar-refractivity contribution in [2.24, 2.45) is 0 Å². The van der Waals surface area contributed by atoms with Gasteiger partial charge in [-0.15, -0.1) is 0 Å². The maximum absolute atomic E-state index is 14.0. The van der Waals surface area contributed by atoms with E-state index < -0.39 is 30.8 Å². The first kappa shape index (κ1) is 21.5. The lowest BCUT2D eigenvalue weighted by molar-refractivity contribution is -0.259. The van der Waals surface area contributed by atoms with E-state index in [-0.39, 0.29) is 12.2 Å². The minimum absolute atomic E-state index is 0.0700. The van der Waals surface area contributed by atoms with E-state index in [2.05, 4.69) is 0 Å². The molecular weight excluding hydrogens is 382 g/mol. The van der Waals surface area contributed by atoms with Crippen LogP contribution < -0.4 is 4.74 Å². The van der Waals surface area contributed by atoms with Crippen LogP contribution in [0, 0.1) is 0 Å². The molecule has 3 N–H and O–H groups in total.